The number of aryl methyl sites for hydroxylation is 1. The van der Waals surface area contributed by atoms with E-state index in [4.69, 9.17) is 9.97 Å². The van der Waals surface area contributed by atoms with Gasteiger partial charge in [-0.15, -0.1) is 0 Å². The summed E-state index contributed by atoms with van der Waals surface area (Å²) in [5.41, 5.74) is 5.74. The Hall–Kier alpha value is -3.44. The van der Waals surface area contributed by atoms with E-state index in [-0.39, 0.29) is 5.54 Å². The molecule has 0 bridgehead atoms. The lowest BCUT2D eigenvalue weighted by Crippen LogP contribution is -2.26. The summed E-state index contributed by atoms with van der Waals surface area (Å²) in [7, 11) is 0. The number of rotatable bonds is 11. The number of fused-ring (bicyclic) bond motifs is 4. The lowest BCUT2D eigenvalue weighted by Gasteiger charge is -2.22. The highest BCUT2D eigenvalue weighted by Gasteiger charge is 2.22. The van der Waals surface area contributed by atoms with Crippen molar-refractivity contribution in [1.82, 2.24) is 19.9 Å². The van der Waals surface area contributed by atoms with E-state index in [1.165, 1.54) is 46.7 Å². The molecule has 2 heterocycles. The van der Waals surface area contributed by atoms with Crippen LogP contribution in [-0.4, -0.2) is 26.6 Å². The second kappa shape index (κ2) is 11.2. The van der Waals surface area contributed by atoms with Gasteiger partial charge in [0, 0.05) is 30.4 Å². The molecule has 1 aliphatic rings. The average Bonchev–Trinajstić information content (AvgIpc) is 3.69. The Balaban J connectivity index is 1.48. The van der Waals surface area contributed by atoms with Gasteiger partial charge >= 0.3 is 0 Å². The first-order chi connectivity index (χ1) is 19.4. The molecule has 0 saturated heterocycles. The Morgan fingerprint density at radius 2 is 1.73 bits per heavy atom. The maximum absolute atomic E-state index is 5.29. The second-order valence-corrected chi connectivity index (χ2v) is 12.7. The van der Waals surface area contributed by atoms with Gasteiger partial charge in [0.2, 0.25) is 0 Å². The van der Waals surface area contributed by atoms with Gasteiger partial charge in [0.05, 0.1) is 11.0 Å². The molecule has 0 spiro atoms. The summed E-state index contributed by atoms with van der Waals surface area (Å²) in [4.78, 5) is 10.3. The van der Waals surface area contributed by atoms with Gasteiger partial charge in [-0.1, -0.05) is 74.7 Å². The first-order valence-corrected chi connectivity index (χ1v) is 15.2. The molecule has 1 fully saturated rings. The highest BCUT2D eigenvalue weighted by atomic mass is 15.1. The van der Waals surface area contributed by atoms with Crippen molar-refractivity contribution in [3.63, 3.8) is 0 Å². The minimum Gasteiger partial charge on any atom is -0.364 e. The predicted octanol–water partition coefficient (Wildman–Crippen LogP) is 8.23. The van der Waals surface area contributed by atoms with Crippen LogP contribution in [0.25, 0.3) is 32.7 Å². The summed E-state index contributed by atoms with van der Waals surface area (Å²) < 4.78 is 2.48. The Labute approximate surface area is 238 Å². The van der Waals surface area contributed by atoms with Crippen LogP contribution in [0, 0.1) is 5.92 Å². The summed E-state index contributed by atoms with van der Waals surface area (Å²) >= 11 is 0. The fourth-order valence-corrected chi connectivity index (χ4v) is 5.83. The number of imidazole rings is 1. The number of para-hydroxylation sites is 1. The fourth-order valence-electron chi connectivity index (χ4n) is 5.83. The summed E-state index contributed by atoms with van der Waals surface area (Å²) in [5, 5.41) is 11.2. The number of pyridine rings is 1. The monoisotopic (exact) mass is 533 g/mol. The van der Waals surface area contributed by atoms with Gasteiger partial charge in [0.1, 0.15) is 11.3 Å². The molecule has 1 aliphatic carbocycles. The van der Waals surface area contributed by atoms with E-state index in [0.29, 0.717) is 0 Å². The van der Waals surface area contributed by atoms with Gasteiger partial charge in [-0.25, -0.2) is 9.97 Å². The Morgan fingerprint density at radius 1 is 0.950 bits per heavy atom. The number of hydrogen-bond acceptors (Lipinski definition) is 4. The molecule has 40 heavy (non-hydrogen) atoms. The molecule has 1 saturated carbocycles. The predicted molar refractivity (Wildman–Crippen MR) is 169 cm³/mol. The zero-order chi connectivity index (χ0) is 27.7. The van der Waals surface area contributed by atoms with Crippen LogP contribution in [0.3, 0.4) is 0 Å². The first-order valence-electron chi connectivity index (χ1n) is 15.2. The first kappa shape index (κ1) is 26.8. The quantitative estimate of drug-likeness (QED) is 0.168. The second-order valence-electron chi connectivity index (χ2n) is 12.7. The third kappa shape index (κ3) is 5.85. The van der Waals surface area contributed by atoms with E-state index in [1.807, 2.05) is 0 Å². The van der Waals surface area contributed by atoms with Gasteiger partial charge in [-0.3, -0.25) is 0 Å². The molecule has 0 unspecified atom stereocenters. The molecule has 0 amide bonds. The highest BCUT2D eigenvalue weighted by Crippen LogP contribution is 2.34. The van der Waals surface area contributed by atoms with Gasteiger partial charge in [0.25, 0.3) is 0 Å². The van der Waals surface area contributed by atoms with Crippen molar-refractivity contribution in [2.75, 3.05) is 11.9 Å². The van der Waals surface area contributed by atoms with Crippen molar-refractivity contribution in [3.8, 4) is 0 Å². The topological polar surface area (TPSA) is 54.8 Å². The number of benzene rings is 3. The van der Waals surface area contributed by atoms with Gasteiger partial charge < -0.3 is 15.2 Å². The van der Waals surface area contributed by atoms with Crippen LogP contribution in [0.4, 0.5) is 5.82 Å². The zero-order valence-corrected chi connectivity index (χ0v) is 24.6. The summed E-state index contributed by atoms with van der Waals surface area (Å²) in [6.45, 7) is 11.6. The van der Waals surface area contributed by atoms with E-state index >= 15 is 0 Å². The van der Waals surface area contributed by atoms with Crippen molar-refractivity contribution in [2.24, 2.45) is 5.92 Å². The molecule has 2 aromatic heterocycles. The largest absolute Gasteiger partial charge is 0.364 e. The van der Waals surface area contributed by atoms with Crippen molar-refractivity contribution in [3.05, 3.63) is 77.6 Å². The van der Waals surface area contributed by atoms with Crippen LogP contribution in [0.2, 0.25) is 0 Å². The van der Waals surface area contributed by atoms with Crippen molar-refractivity contribution in [1.29, 1.82) is 0 Å². The normalized spacial score (nSPS) is 14.0. The molecular weight excluding hydrogens is 490 g/mol. The Kier molecular flexibility index (Phi) is 7.50. The van der Waals surface area contributed by atoms with E-state index in [0.717, 1.165) is 72.9 Å². The zero-order valence-electron chi connectivity index (χ0n) is 24.6. The molecular formula is C35H43N5. The number of unbranched alkanes of at least 4 members (excludes halogenated alkanes) is 1. The molecule has 3 aromatic carbocycles. The lowest BCUT2D eigenvalue weighted by molar-refractivity contribution is 0.612. The van der Waals surface area contributed by atoms with E-state index in [9.17, 15) is 0 Å². The number of nitrogens with one attached hydrogen (secondary N) is 2. The molecule has 6 rings (SSSR count). The molecule has 5 heteroatoms. The van der Waals surface area contributed by atoms with Crippen molar-refractivity contribution >= 4 is 38.5 Å². The van der Waals surface area contributed by atoms with Gasteiger partial charge in [-0.05, 0) is 80.1 Å². The summed E-state index contributed by atoms with van der Waals surface area (Å²) in [5.74, 6) is 2.97. The van der Waals surface area contributed by atoms with Crippen LogP contribution >= 0.6 is 0 Å². The van der Waals surface area contributed by atoms with Crippen LogP contribution in [0.1, 0.15) is 76.8 Å². The summed E-state index contributed by atoms with van der Waals surface area (Å²) in [6.07, 6.45) is 7.34. The number of nitrogens with zero attached hydrogens (tertiary/aromatic N) is 3. The van der Waals surface area contributed by atoms with Crippen LogP contribution in [0.15, 0.2) is 60.7 Å². The molecule has 0 radical (unpaired) electrons. The van der Waals surface area contributed by atoms with Crippen molar-refractivity contribution in [2.45, 2.75) is 84.8 Å². The smallest absolute Gasteiger partial charge is 0.155 e. The lowest BCUT2D eigenvalue weighted by atomic mass is 10.00. The number of hydrogen-bond donors (Lipinski definition) is 2. The van der Waals surface area contributed by atoms with E-state index in [2.05, 4.69) is 104 Å². The molecule has 208 valence electrons. The molecule has 0 aliphatic heterocycles. The number of anilines is 1. The molecule has 0 atom stereocenters. The van der Waals surface area contributed by atoms with Gasteiger partial charge in [0.15, 0.2) is 5.82 Å². The van der Waals surface area contributed by atoms with Crippen LogP contribution < -0.4 is 10.6 Å². The highest BCUT2D eigenvalue weighted by molar-refractivity contribution is 6.07. The Bertz CT molecular complexity index is 1640. The minimum absolute atomic E-state index is 0.118. The third-order valence-electron chi connectivity index (χ3n) is 8.00. The Morgan fingerprint density at radius 3 is 2.50 bits per heavy atom. The maximum Gasteiger partial charge on any atom is 0.155 e. The molecule has 5 nitrogen and oxygen atoms in total. The van der Waals surface area contributed by atoms with Gasteiger partial charge in [-0.2, -0.15) is 0 Å². The maximum atomic E-state index is 5.29. The number of aromatic nitrogens is 3. The van der Waals surface area contributed by atoms with Crippen LogP contribution in [0.5, 0.6) is 0 Å². The SMILES string of the molecule is CCCCc1nc2c(NC(C)(C)C)nc3ccccc3c2n1Cc1cc(CNCCC2CC2)cc2ccccc12. The minimum atomic E-state index is -0.118. The average molecular weight is 534 g/mol. The van der Waals surface area contributed by atoms with E-state index < -0.39 is 0 Å². The molecule has 2 N–H and O–H groups in total. The van der Waals surface area contributed by atoms with Crippen molar-refractivity contribution < 1.29 is 0 Å². The third-order valence-corrected chi connectivity index (χ3v) is 8.00. The molecule has 5 aromatic rings. The van der Waals surface area contributed by atoms with Crippen LogP contribution in [-0.2, 0) is 19.5 Å². The fraction of sp³-hybridized carbons (Fsp3) is 0.429. The van der Waals surface area contributed by atoms with E-state index in [1.54, 1.807) is 0 Å². The summed E-state index contributed by atoms with van der Waals surface area (Å²) in [6, 6.07) is 22.1. The standard InChI is InChI=1S/C35H43N5/c1-5-6-15-31-38-32-33(29-13-9-10-14-30(29)37-34(32)39-35(2,3)4)40(31)23-27-21-25(22-36-19-18-24-16-17-24)20-26-11-7-8-12-28(26)27/h7-14,20-21,24,36H,5-6,15-19,22-23H2,1-4H3,(H,37,39).